The molecule has 88 valence electrons. The molecule has 1 aliphatic carbocycles. The first-order chi connectivity index (χ1) is 8.20. The quantitative estimate of drug-likeness (QED) is 0.816. The summed E-state index contributed by atoms with van der Waals surface area (Å²) in [7, 11) is 2.03. The lowest BCUT2D eigenvalue weighted by molar-refractivity contribution is -0.139. The Morgan fingerprint density at radius 2 is 2.18 bits per heavy atom. The number of carbonyl (C=O) groups is 1. The Morgan fingerprint density at radius 1 is 1.41 bits per heavy atom. The van der Waals surface area contributed by atoms with E-state index in [0.717, 1.165) is 35.7 Å². The number of hydrogen-bond acceptors (Lipinski definition) is 1. The summed E-state index contributed by atoms with van der Waals surface area (Å²) < 4.78 is 2.15. The van der Waals surface area contributed by atoms with Gasteiger partial charge in [-0.2, -0.15) is 0 Å². The fourth-order valence-corrected chi connectivity index (χ4v) is 3.03. The van der Waals surface area contributed by atoms with E-state index in [1.807, 2.05) is 25.2 Å². The van der Waals surface area contributed by atoms with Gasteiger partial charge in [0, 0.05) is 23.6 Å². The van der Waals surface area contributed by atoms with Crippen molar-refractivity contribution < 1.29 is 9.90 Å². The molecule has 0 spiro atoms. The van der Waals surface area contributed by atoms with E-state index in [2.05, 4.69) is 10.6 Å². The molecule has 0 fully saturated rings. The van der Waals surface area contributed by atoms with E-state index < -0.39 is 5.97 Å². The number of aromatic nitrogens is 1. The van der Waals surface area contributed by atoms with E-state index in [9.17, 15) is 9.90 Å². The van der Waals surface area contributed by atoms with Crippen molar-refractivity contribution in [3.8, 4) is 0 Å². The van der Waals surface area contributed by atoms with Crippen molar-refractivity contribution in [2.75, 3.05) is 0 Å². The molecule has 3 rings (SSSR count). The van der Waals surface area contributed by atoms with Crippen LogP contribution in [0.1, 0.15) is 30.0 Å². The molecule has 0 radical (unpaired) electrons. The van der Waals surface area contributed by atoms with Crippen LogP contribution in [0.5, 0.6) is 0 Å². The highest BCUT2D eigenvalue weighted by Crippen LogP contribution is 2.38. The Bertz CT molecular complexity index is 598. The first-order valence-electron chi connectivity index (χ1n) is 5.99. The normalized spacial score (nSPS) is 19.2. The molecule has 0 aliphatic heterocycles. The number of aryl methyl sites for hydroxylation is 1. The van der Waals surface area contributed by atoms with Gasteiger partial charge in [-0.05, 0) is 30.9 Å². The molecule has 0 saturated heterocycles. The Morgan fingerprint density at radius 3 is 2.94 bits per heavy atom. The summed E-state index contributed by atoms with van der Waals surface area (Å²) in [6.07, 6.45) is 2.72. The lowest BCUT2D eigenvalue weighted by atomic mass is 9.85. The van der Waals surface area contributed by atoms with E-state index in [1.165, 1.54) is 5.69 Å². The summed E-state index contributed by atoms with van der Waals surface area (Å²) in [4.78, 5) is 11.4. The number of hydrogen-bond donors (Lipinski definition) is 1. The van der Waals surface area contributed by atoms with Gasteiger partial charge in [0.05, 0.1) is 5.92 Å². The van der Waals surface area contributed by atoms with Crippen molar-refractivity contribution in [3.05, 3.63) is 35.5 Å². The number of benzene rings is 1. The highest BCUT2D eigenvalue weighted by molar-refractivity contribution is 5.91. The smallest absolute Gasteiger partial charge is 0.311 e. The molecule has 1 N–H and O–H groups in total. The number of carboxylic acids is 1. The van der Waals surface area contributed by atoms with E-state index >= 15 is 0 Å². The largest absolute Gasteiger partial charge is 0.481 e. The molecule has 1 aromatic carbocycles. The Balaban J connectivity index is 2.35. The topological polar surface area (TPSA) is 42.2 Å². The van der Waals surface area contributed by atoms with Crippen molar-refractivity contribution >= 4 is 16.9 Å². The molecule has 0 saturated carbocycles. The first kappa shape index (κ1) is 10.4. The van der Waals surface area contributed by atoms with Gasteiger partial charge < -0.3 is 9.67 Å². The van der Waals surface area contributed by atoms with Gasteiger partial charge in [0.25, 0.3) is 0 Å². The molecule has 1 heterocycles. The molecule has 1 aromatic heterocycles. The predicted molar refractivity (Wildman–Crippen MR) is 66.2 cm³/mol. The van der Waals surface area contributed by atoms with E-state index in [-0.39, 0.29) is 5.92 Å². The minimum atomic E-state index is -0.692. The number of nitrogens with zero attached hydrogens (tertiary/aromatic N) is 1. The Labute approximate surface area is 99.7 Å². The molecule has 3 heteroatoms. The van der Waals surface area contributed by atoms with Gasteiger partial charge in [-0.1, -0.05) is 18.2 Å². The van der Waals surface area contributed by atoms with Crippen LogP contribution < -0.4 is 0 Å². The van der Waals surface area contributed by atoms with Crippen LogP contribution in [0.3, 0.4) is 0 Å². The zero-order chi connectivity index (χ0) is 12.0. The van der Waals surface area contributed by atoms with Gasteiger partial charge in [-0.25, -0.2) is 0 Å². The molecule has 1 atom stereocenters. The van der Waals surface area contributed by atoms with Crippen LogP contribution in [-0.4, -0.2) is 15.6 Å². The Hall–Kier alpha value is -1.77. The van der Waals surface area contributed by atoms with Gasteiger partial charge in [-0.3, -0.25) is 4.79 Å². The molecule has 2 aromatic rings. The summed E-state index contributed by atoms with van der Waals surface area (Å²) in [6.45, 7) is 0. The van der Waals surface area contributed by atoms with Crippen molar-refractivity contribution in [2.24, 2.45) is 7.05 Å². The third-order valence-corrected chi connectivity index (χ3v) is 3.82. The standard InChI is InChI=1S/C14H15NO2/c1-15-11-7-3-2-5-9(11)13-10(14(16)17)6-4-8-12(13)15/h2-3,5,7,10H,4,6,8H2,1H3,(H,16,17)/t10-/m0/s1. The molecule has 1 aliphatic rings. The predicted octanol–water partition coefficient (Wildman–Crippen LogP) is 2.68. The highest BCUT2D eigenvalue weighted by Gasteiger charge is 2.30. The van der Waals surface area contributed by atoms with Gasteiger partial charge >= 0.3 is 5.97 Å². The third-order valence-electron chi connectivity index (χ3n) is 3.82. The summed E-state index contributed by atoms with van der Waals surface area (Å²) in [5.74, 6) is -1.02. The second-order valence-electron chi connectivity index (χ2n) is 4.72. The summed E-state index contributed by atoms with van der Waals surface area (Å²) in [5.41, 5.74) is 3.39. The molecule has 3 nitrogen and oxygen atoms in total. The number of carboxylic acid groups (broad SMARTS) is 1. The van der Waals surface area contributed by atoms with Crippen molar-refractivity contribution in [2.45, 2.75) is 25.2 Å². The van der Waals surface area contributed by atoms with Crippen LogP contribution in [-0.2, 0) is 18.3 Å². The van der Waals surface area contributed by atoms with Crippen LogP contribution >= 0.6 is 0 Å². The van der Waals surface area contributed by atoms with Crippen molar-refractivity contribution in [1.82, 2.24) is 4.57 Å². The lowest BCUT2D eigenvalue weighted by Crippen LogP contribution is -2.18. The Kier molecular flexibility index (Phi) is 2.21. The minimum absolute atomic E-state index is 0.329. The monoisotopic (exact) mass is 229 g/mol. The molecule has 0 amide bonds. The van der Waals surface area contributed by atoms with Crippen LogP contribution in [0.25, 0.3) is 10.9 Å². The second-order valence-corrected chi connectivity index (χ2v) is 4.72. The number of rotatable bonds is 1. The molecule has 0 unspecified atom stereocenters. The third kappa shape index (κ3) is 1.38. The first-order valence-corrected chi connectivity index (χ1v) is 5.99. The van der Waals surface area contributed by atoms with Gasteiger partial charge in [0.15, 0.2) is 0 Å². The van der Waals surface area contributed by atoms with E-state index in [4.69, 9.17) is 0 Å². The maximum Gasteiger partial charge on any atom is 0.311 e. The maximum atomic E-state index is 11.4. The fourth-order valence-electron chi connectivity index (χ4n) is 3.03. The maximum absolute atomic E-state index is 11.4. The summed E-state index contributed by atoms with van der Waals surface area (Å²) >= 11 is 0. The fraction of sp³-hybridized carbons (Fsp3) is 0.357. The van der Waals surface area contributed by atoms with Crippen molar-refractivity contribution in [1.29, 1.82) is 0 Å². The number of para-hydroxylation sites is 1. The average Bonchev–Trinajstić information content (AvgIpc) is 2.64. The molecule has 17 heavy (non-hydrogen) atoms. The highest BCUT2D eigenvalue weighted by atomic mass is 16.4. The zero-order valence-electron chi connectivity index (χ0n) is 9.81. The molecular weight excluding hydrogens is 214 g/mol. The van der Waals surface area contributed by atoms with Crippen LogP contribution in [0.4, 0.5) is 0 Å². The second kappa shape index (κ2) is 3.62. The number of fused-ring (bicyclic) bond motifs is 3. The summed E-state index contributed by atoms with van der Waals surface area (Å²) in [5, 5.41) is 10.5. The van der Waals surface area contributed by atoms with E-state index in [0.29, 0.717) is 0 Å². The molecule has 0 bridgehead atoms. The van der Waals surface area contributed by atoms with Gasteiger partial charge in [0.2, 0.25) is 0 Å². The van der Waals surface area contributed by atoms with Gasteiger partial charge in [-0.15, -0.1) is 0 Å². The van der Waals surface area contributed by atoms with Crippen LogP contribution in [0.15, 0.2) is 24.3 Å². The summed E-state index contributed by atoms with van der Waals surface area (Å²) in [6, 6.07) is 8.08. The van der Waals surface area contributed by atoms with Crippen LogP contribution in [0.2, 0.25) is 0 Å². The van der Waals surface area contributed by atoms with Gasteiger partial charge in [0.1, 0.15) is 0 Å². The lowest BCUT2D eigenvalue weighted by Gasteiger charge is -2.20. The van der Waals surface area contributed by atoms with Crippen molar-refractivity contribution in [3.63, 3.8) is 0 Å². The SMILES string of the molecule is Cn1c2c(c3ccccc31)[C@@H](C(=O)O)CCC2. The van der Waals surface area contributed by atoms with Crippen LogP contribution in [0, 0.1) is 0 Å². The average molecular weight is 229 g/mol. The molecular formula is C14H15NO2. The number of aliphatic carboxylic acids is 1. The zero-order valence-corrected chi connectivity index (χ0v) is 9.81. The van der Waals surface area contributed by atoms with E-state index in [1.54, 1.807) is 0 Å². The minimum Gasteiger partial charge on any atom is -0.481 e.